The molecule has 5 fully saturated rings. The van der Waals surface area contributed by atoms with Gasteiger partial charge in [0.15, 0.2) is 5.79 Å². The van der Waals surface area contributed by atoms with Gasteiger partial charge in [-0.2, -0.15) is 22.0 Å². The molecule has 10 heteroatoms. The number of hydrogen-bond acceptors (Lipinski definition) is 4. The Bertz CT molecular complexity index is 616. The van der Waals surface area contributed by atoms with Crippen molar-refractivity contribution in [3.05, 3.63) is 0 Å². The van der Waals surface area contributed by atoms with E-state index in [2.05, 4.69) is 0 Å². The molecule has 4 nitrogen and oxygen atoms in total. The summed E-state index contributed by atoms with van der Waals surface area (Å²) in [7, 11) is 0. The van der Waals surface area contributed by atoms with Crippen molar-refractivity contribution in [1.82, 2.24) is 0 Å². The molecule has 2 atom stereocenters. The van der Waals surface area contributed by atoms with Crippen LogP contribution in [0.4, 0.5) is 26.3 Å². The van der Waals surface area contributed by atoms with E-state index < -0.39 is 60.2 Å². The van der Waals surface area contributed by atoms with Gasteiger partial charge in [-0.1, -0.05) is 0 Å². The second-order valence-corrected chi connectivity index (χ2v) is 8.57. The lowest BCUT2D eigenvalue weighted by Crippen LogP contribution is -2.70. The number of halogens is 6. The maximum atomic E-state index is 14.1. The molecule has 4 aliphatic carbocycles. The van der Waals surface area contributed by atoms with Crippen LogP contribution < -0.4 is 0 Å². The van der Waals surface area contributed by atoms with Crippen molar-refractivity contribution in [1.29, 1.82) is 0 Å². The Balaban J connectivity index is 1.54. The molecule has 0 aromatic rings. The Morgan fingerprint density at radius 1 is 1.00 bits per heavy atom. The fourth-order valence-electron chi connectivity index (χ4n) is 5.44. The monoisotopic (exact) mass is 402 g/mol. The van der Waals surface area contributed by atoms with Crippen LogP contribution in [0, 0.1) is 17.8 Å². The van der Waals surface area contributed by atoms with Gasteiger partial charge in [-0.25, -0.2) is 9.18 Å². The Kier molecular flexibility index (Phi) is 3.95. The topological polar surface area (TPSA) is 44.8 Å². The molecule has 1 heterocycles. The smallest absolute Gasteiger partial charge is 0.427 e. The molecule has 0 radical (unpaired) electrons. The van der Waals surface area contributed by atoms with Crippen molar-refractivity contribution in [3.8, 4) is 0 Å². The highest BCUT2D eigenvalue weighted by Crippen LogP contribution is 2.64. The highest BCUT2D eigenvalue weighted by molar-refractivity contribution is 5.77. The summed E-state index contributed by atoms with van der Waals surface area (Å²) in [5.41, 5.74) is -4.65. The average molecular weight is 402 g/mol. The van der Waals surface area contributed by atoms with E-state index in [1.165, 1.54) is 0 Å². The largest absolute Gasteiger partial charge is 0.455 e. The second kappa shape index (κ2) is 5.52. The summed E-state index contributed by atoms with van der Waals surface area (Å²) >= 11 is 0. The van der Waals surface area contributed by atoms with Gasteiger partial charge in [-0.15, -0.1) is 0 Å². The molecule has 4 bridgehead atoms. The molecule has 154 valence electrons. The lowest BCUT2D eigenvalue weighted by Gasteiger charge is -2.64. The molecule has 27 heavy (non-hydrogen) atoms. The Morgan fingerprint density at radius 2 is 1.52 bits per heavy atom. The zero-order valence-electron chi connectivity index (χ0n) is 14.6. The zero-order chi connectivity index (χ0) is 19.9. The number of hydrogen-bond donors (Lipinski definition) is 0. The second-order valence-electron chi connectivity index (χ2n) is 8.57. The van der Waals surface area contributed by atoms with Gasteiger partial charge in [0, 0.05) is 18.8 Å². The maximum Gasteiger partial charge on any atom is 0.427 e. The van der Waals surface area contributed by atoms with Crippen LogP contribution in [0.15, 0.2) is 0 Å². The number of carbonyl (C=O) groups is 1. The number of rotatable bonds is 2. The van der Waals surface area contributed by atoms with E-state index in [9.17, 15) is 31.1 Å². The van der Waals surface area contributed by atoms with E-state index in [1.54, 1.807) is 0 Å². The average Bonchev–Trinajstić information content (AvgIpc) is 2.51. The zero-order valence-corrected chi connectivity index (χ0v) is 14.6. The first-order valence-electron chi connectivity index (χ1n) is 8.93. The van der Waals surface area contributed by atoms with Gasteiger partial charge >= 0.3 is 18.1 Å². The van der Waals surface area contributed by atoms with Crippen molar-refractivity contribution in [2.24, 2.45) is 17.8 Å². The lowest BCUT2D eigenvalue weighted by molar-refractivity contribution is -0.416. The molecule has 0 N–H and O–H groups in total. The third-order valence-corrected chi connectivity index (χ3v) is 6.50. The first-order valence-corrected chi connectivity index (χ1v) is 8.93. The molecule has 1 aliphatic heterocycles. The Hall–Kier alpha value is -1.03. The van der Waals surface area contributed by atoms with Crippen molar-refractivity contribution < 1.29 is 45.3 Å². The molecule has 5 rings (SSSR count). The highest BCUT2D eigenvalue weighted by atomic mass is 19.4. The fraction of sp³-hybridized carbons (Fsp3) is 0.941. The van der Waals surface area contributed by atoms with Gasteiger partial charge in [-0.3, -0.25) is 0 Å². The third kappa shape index (κ3) is 2.85. The van der Waals surface area contributed by atoms with Crippen LogP contribution in [0.1, 0.15) is 39.0 Å². The van der Waals surface area contributed by atoms with Crippen LogP contribution in [-0.4, -0.2) is 48.3 Å². The van der Waals surface area contributed by atoms with Crippen LogP contribution in [0.2, 0.25) is 0 Å². The molecule has 1 saturated heterocycles. The number of carbonyl (C=O) groups excluding carboxylic acids is 1. The van der Waals surface area contributed by atoms with E-state index in [4.69, 9.17) is 14.2 Å². The van der Waals surface area contributed by atoms with Crippen LogP contribution in [0.25, 0.3) is 0 Å². The maximum absolute atomic E-state index is 14.1. The predicted octanol–water partition coefficient (Wildman–Crippen LogP) is 3.78. The predicted molar refractivity (Wildman–Crippen MR) is 77.5 cm³/mol. The van der Waals surface area contributed by atoms with Crippen molar-refractivity contribution in [2.75, 3.05) is 13.2 Å². The normalized spacial score (nSPS) is 46.7. The molecule has 0 amide bonds. The molecule has 0 aromatic carbocycles. The quantitative estimate of drug-likeness (QED) is 0.521. The van der Waals surface area contributed by atoms with E-state index in [1.807, 2.05) is 0 Å². The molecule has 2 unspecified atom stereocenters. The minimum atomic E-state index is -5.11. The number of esters is 1. The van der Waals surface area contributed by atoms with Gasteiger partial charge in [0.05, 0.1) is 13.2 Å². The van der Waals surface area contributed by atoms with Crippen LogP contribution >= 0.6 is 0 Å². The molecular formula is C17H20F6O4. The summed E-state index contributed by atoms with van der Waals surface area (Å²) in [6, 6.07) is 0. The summed E-state index contributed by atoms with van der Waals surface area (Å²) in [6.07, 6.45) is -3.23. The van der Waals surface area contributed by atoms with Gasteiger partial charge in [0.1, 0.15) is 5.60 Å². The minimum Gasteiger partial charge on any atom is -0.455 e. The summed E-state index contributed by atoms with van der Waals surface area (Å²) in [4.78, 5) is 11.7. The lowest BCUT2D eigenvalue weighted by atomic mass is 9.51. The molecule has 1 spiro atoms. The number of ether oxygens (including phenoxy) is 3. The summed E-state index contributed by atoms with van der Waals surface area (Å²) in [6.45, 7) is -1.86. The van der Waals surface area contributed by atoms with E-state index in [-0.39, 0.29) is 18.8 Å². The standard InChI is InChI=1S/C17H20F6O4/c1-13(18,19)12(24)27-14-4-9-2-10(5-14)16(11(3-9)6-14)25-7-15(20,8-26-16)17(21,22)23/h9-11H,2-8H2,1H3. The number of alkyl halides is 6. The molecule has 0 aromatic heterocycles. The third-order valence-electron chi connectivity index (χ3n) is 6.50. The van der Waals surface area contributed by atoms with Gasteiger partial charge in [0.2, 0.25) is 0 Å². The fourth-order valence-corrected chi connectivity index (χ4v) is 5.44. The highest BCUT2D eigenvalue weighted by Gasteiger charge is 2.70. The van der Waals surface area contributed by atoms with Crippen molar-refractivity contribution >= 4 is 5.97 Å². The first kappa shape index (κ1) is 19.3. The Labute approximate surface area is 151 Å². The summed E-state index contributed by atoms with van der Waals surface area (Å²) in [5.74, 6) is -7.39. The minimum absolute atomic E-state index is 0.0817. The molecular weight excluding hydrogens is 382 g/mol. The summed E-state index contributed by atoms with van der Waals surface area (Å²) < 4.78 is 95.3. The van der Waals surface area contributed by atoms with E-state index in [0.29, 0.717) is 26.2 Å². The Morgan fingerprint density at radius 3 is 1.96 bits per heavy atom. The van der Waals surface area contributed by atoms with E-state index >= 15 is 0 Å². The van der Waals surface area contributed by atoms with Crippen LogP contribution in [-0.2, 0) is 19.0 Å². The molecule has 5 aliphatic rings. The van der Waals surface area contributed by atoms with Crippen molar-refractivity contribution in [3.63, 3.8) is 0 Å². The first-order chi connectivity index (χ1) is 12.3. The van der Waals surface area contributed by atoms with Crippen molar-refractivity contribution in [2.45, 2.75) is 68.2 Å². The SMILES string of the molecule is CC(F)(F)C(=O)OC12CC3CC(C1)C1(OCC(F)(C(F)(F)F)CO1)C(C3)C2. The van der Waals surface area contributed by atoms with Gasteiger partial charge in [-0.05, 0) is 38.0 Å². The van der Waals surface area contributed by atoms with Gasteiger partial charge < -0.3 is 14.2 Å². The summed E-state index contributed by atoms with van der Waals surface area (Å²) in [5, 5.41) is 0. The van der Waals surface area contributed by atoms with Crippen LogP contribution in [0.5, 0.6) is 0 Å². The van der Waals surface area contributed by atoms with E-state index in [0.717, 1.165) is 0 Å². The molecule has 4 saturated carbocycles. The van der Waals surface area contributed by atoms with Crippen LogP contribution in [0.3, 0.4) is 0 Å². The van der Waals surface area contributed by atoms with Gasteiger partial charge in [0.25, 0.3) is 5.67 Å².